The van der Waals surface area contributed by atoms with Crippen LogP contribution in [0.4, 0.5) is 5.69 Å². The van der Waals surface area contributed by atoms with Gasteiger partial charge in [-0.25, -0.2) is 0 Å². The van der Waals surface area contributed by atoms with Crippen LogP contribution in [0.15, 0.2) is 45.3 Å². The van der Waals surface area contributed by atoms with Crippen LogP contribution in [0.5, 0.6) is 11.5 Å². The first-order chi connectivity index (χ1) is 12.9. The molecule has 0 aromatic heterocycles. The van der Waals surface area contributed by atoms with Gasteiger partial charge in [0.25, 0.3) is 5.91 Å². The number of carbonyl (C=O) groups excluding carboxylic acids is 2. The highest BCUT2D eigenvalue weighted by Gasteiger charge is 2.19. The standard InChI is InChI=1S/C19H17Br2NO5/c1-11(19(24)22-15-5-4-13(20)9-14(15)21)27-18(23)7-3-12-2-6-16-17(8-12)26-10-25-16/h2,4-6,8-9,11H,3,7,10H2,1H3,(H,22,24)/t11-/m1/s1. The molecule has 142 valence electrons. The third-order valence-corrected chi connectivity index (χ3v) is 5.07. The maximum absolute atomic E-state index is 12.2. The highest BCUT2D eigenvalue weighted by atomic mass is 79.9. The summed E-state index contributed by atoms with van der Waals surface area (Å²) in [6.07, 6.45) is -0.244. The number of rotatable bonds is 6. The Kier molecular flexibility index (Phi) is 6.38. The smallest absolute Gasteiger partial charge is 0.306 e. The number of carbonyl (C=O) groups is 2. The van der Waals surface area contributed by atoms with Crippen LogP contribution >= 0.6 is 31.9 Å². The van der Waals surface area contributed by atoms with E-state index in [2.05, 4.69) is 37.2 Å². The van der Waals surface area contributed by atoms with Crippen molar-refractivity contribution >= 4 is 49.4 Å². The van der Waals surface area contributed by atoms with Gasteiger partial charge < -0.3 is 19.5 Å². The number of benzene rings is 2. The minimum Gasteiger partial charge on any atom is -0.454 e. The quantitative estimate of drug-likeness (QED) is 0.596. The average Bonchev–Trinajstić information content (AvgIpc) is 3.10. The van der Waals surface area contributed by atoms with Gasteiger partial charge in [-0.15, -0.1) is 0 Å². The van der Waals surface area contributed by atoms with E-state index >= 15 is 0 Å². The summed E-state index contributed by atoms with van der Waals surface area (Å²) in [5.41, 5.74) is 1.54. The van der Waals surface area contributed by atoms with Crippen LogP contribution in [0.3, 0.4) is 0 Å². The second-order valence-corrected chi connectivity index (χ2v) is 7.70. The number of anilines is 1. The molecule has 1 heterocycles. The number of aryl methyl sites for hydroxylation is 1. The minimum atomic E-state index is -0.898. The van der Waals surface area contributed by atoms with Crippen LogP contribution in [-0.2, 0) is 20.7 Å². The fourth-order valence-electron chi connectivity index (χ4n) is 2.48. The van der Waals surface area contributed by atoms with Crippen molar-refractivity contribution in [2.24, 2.45) is 0 Å². The monoisotopic (exact) mass is 497 g/mol. The largest absolute Gasteiger partial charge is 0.454 e. The Bertz CT molecular complexity index is 871. The fraction of sp³-hybridized carbons (Fsp3) is 0.263. The lowest BCUT2D eigenvalue weighted by Crippen LogP contribution is -2.30. The van der Waals surface area contributed by atoms with Crippen molar-refractivity contribution in [3.8, 4) is 11.5 Å². The highest BCUT2D eigenvalue weighted by Crippen LogP contribution is 2.32. The zero-order valence-corrected chi connectivity index (χ0v) is 17.6. The van der Waals surface area contributed by atoms with E-state index in [9.17, 15) is 9.59 Å². The molecule has 1 aliphatic heterocycles. The van der Waals surface area contributed by atoms with Gasteiger partial charge in [-0.05, 0) is 65.2 Å². The Morgan fingerprint density at radius 3 is 2.70 bits per heavy atom. The fourth-order valence-corrected chi connectivity index (χ4v) is 3.62. The van der Waals surface area contributed by atoms with E-state index in [-0.39, 0.29) is 13.2 Å². The van der Waals surface area contributed by atoms with Gasteiger partial charge in [-0.2, -0.15) is 0 Å². The van der Waals surface area contributed by atoms with Crippen molar-refractivity contribution in [3.63, 3.8) is 0 Å². The number of halogens is 2. The van der Waals surface area contributed by atoms with Crippen LogP contribution in [0.2, 0.25) is 0 Å². The van der Waals surface area contributed by atoms with Crippen molar-refractivity contribution in [1.82, 2.24) is 0 Å². The predicted molar refractivity (Wildman–Crippen MR) is 107 cm³/mol. The molecule has 27 heavy (non-hydrogen) atoms. The third kappa shape index (κ3) is 5.23. The minimum absolute atomic E-state index is 0.166. The first-order valence-corrected chi connectivity index (χ1v) is 9.85. The Balaban J connectivity index is 1.48. The average molecular weight is 499 g/mol. The topological polar surface area (TPSA) is 73.9 Å². The van der Waals surface area contributed by atoms with Gasteiger partial charge in [0.1, 0.15) is 0 Å². The SMILES string of the molecule is C[C@@H](OC(=O)CCc1ccc2c(c1)OCO2)C(=O)Nc1ccc(Br)cc1Br. The molecule has 1 amide bonds. The Morgan fingerprint density at radius 2 is 1.93 bits per heavy atom. The Hall–Kier alpha value is -2.06. The van der Waals surface area contributed by atoms with Crippen LogP contribution in [0, 0.1) is 0 Å². The molecular weight excluding hydrogens is 482 g/mol. The van der Waals surface area contributed by atoms with E-state index in [0.717, 1.165) is 14.5 Å². The van der Waals surface area contributed by atoms with E-state index in [1.165, 1.54) is 0 Å². The van der Waals surface area contributed by atoms with Gasteiger partial charge in [-0.3, -0.25) is 9.59 Å². The van der Waals surface area contributed by atoms with Gasteiger partial charge in [0.2, 0.25) is 6.79 Å². The summed E-state index contributed by atoms with van der Waals surface area (Å²) in [6.45, 7) is 1.75. The Morgan fingerprint density at radius 1 is 1.15 bits per heavy atom. The number of fused-ring (bicyclic) bond motifs is 1. The molecule has 2 aromatic rings. The van der Waals surface area contributed by atoms with Crippen molar-refractivity contribution in [2.75, 3.05) is 12.1 Å². The van der Waals surface area contributed by atoms with Crippen molar-refractivity contribution in [1.29, 1.82) is 0 Å². The number of hydrogen-bond donors (Lipinski definition) is 1. The molecular formula is C19H17Br2NO5. The predicted octanol–water partition coefficient (Wildman–Crippen LogP) is 4.44. The van der Waals surface area contributed by atoms with E-state index in [1.807, 2.05) is 30.3 Å². The summed E-state index contributed by atoms with van der Waals surface area (Å²) in [5, 5.41) is 2.73. The maximum atomic E-state index is 12.2. The number of esters is 1. The lowest BCUT2D eigenvalue weighted by atomic mass is 10.1. The first-order valence-electron chi connectivity index (χ1n) is 8.26. The number of amides is 1. The maximum Gasteiger partial charge on any atom is 0.306 e. The van der Waals surface area contributed by atoms with Gasteiger partial charge in [0.15, 0.2) is 17.6 Å². The molecule has 1 aliphatic rings. The molecule has 0 saturated heterocycles. The summed E-state index contributed by atoms with van der Waals surface area (Å²) in [5.74, 6) is 0.541. The second kappa shape index (κ2) is 8.75. The van der Waals surface area contributed by atoms with E-state index in [4.69, 9.17) is 14.2 Å². The van der Waals surface area contributed by atoms with Crippen LogP contribution < -0.4 is 14.8 Å². The third-order valence-electron chi connectivity index (χ3n) is 3.92. The molecule has 8 heteroatoms. The van der Waals surface area contributed by atoms with Crippen molar-refractivity contribution < 1.29 is 23.8 Å². The molecule has 0 bridgehead atoms. The molecule has 0 radical (unpaired) electrons. The Labute approximate surface area is 173 Å². The molecule has 1 N–H and O–H groups in total. The van der Waals surface area contributed by atoms with E-state index < -0.39 is 18.0 Å². The van der Waals surface area contributed by atoms with Crippen LogP contribution in [-0.4, -0.2) is 24.8 Å². The van der Waals surface area contributed by atoms with Gasteiger partial charge in [0, 0.05) is 15.4 Å². The molecule has 0 saturated carbocycles. The van der Waals surface area contributed by atoms with Gasteiger partial charge in [0.05, 0.1) is 5.69 Å². The van der Waals surface area contributed by atoms with E-state index in [0.29, 0.717) is 23.6 Å². The van der Waals surface area contributed by atoms with Crippen molar-refractivity contribution in [3.05, 3.63) is 50.9 Å². The zero-order chi connectivity index (χ0) is 19.4. The normalized spacial score (nSPS) is 13.1. The van der Waals surface area contributed by atoms with Gasteiger partial charge in [-0.1, -0.05) is 22.0 Å². The van der Waals surface area contributed by atoms with E-state index in [1.54, 1.807) is 13.0 Å². The number of ether oxygens (including phenoxy) is 3. The first kappa shape index (κ1) is 19.7. The summed E-state index contributed by atoms with van der Waals surface area (Å²) >= 11 is 6.73. The van der Waals surface area contributed by atoms with Gasteiger partial charge >= 0.3 is 5.97 Å². The summed E-state index contributed by atoms with van der Waals surface area (Å²) < 4.78 is 17.4. The summed E-state index contributed by atoms with van der Waals surface area (Å²) in [4.78, 5) is 24.3. The summed E-state index contributed by atoms with van der Waals surface area (Å²) in [7, 11) is 0. The molecule has 0 aliphatic carbocycles. The summed E-state index contributed by atoms with van der Waals surface area (Å²) in [6, 6.07) is 10.9. The molecule has 3 rings (SSSR count). The molecule has 0 unspecified atom stereocenters. The highest BCUT2D eigenvalue weighted by molar-refractivity contribution is 9.11. The second-order valence-electron chi connectivity index (χ2n) is 5.93. The zero-order valence-electron chi connectivity index (χ0n) is 14.5. The molecule has 2 aromatic carbocycles. The lowest BCUT2D eigenvalue weighted by molar-refractivity contribution is -0.153. The van der Waals surface area contributed by atoms with Crippen LogP contribution in [0.1, 0.15) is 18.9 Å². The van der Waals surface area contributed by atoms with Crippen LogP contribution in [0.25, 0.3) is 0 Å². The number of nitrogens with one attached hydrogen (secondary N) is 1. The molecule has 1 atom stereocenters. The molecule has 0 fully saturated rings. The molecule has 6 nitrogen and oxygen atoms in total. The lowest BCUT2D eigenvalue weighted by Gasteiger charge is -2.14. The number of hydrogen-bond acceptors (Lipinski definition) is 5. The molecule has 0 spiro atoms. The van der Waals surface area contributed by atoms with Crippen molar-refractivity contribution in [2.45, 2.75) is 25.9 Å².